The van der Waals surface area contributed by atoms with Crippen molar-refractivity contribution in [3.8, 4) is 0 Å². The van der Waals surface area contributed by atoms with E-state index >= 15 is 0 Å². The highest BCUT2D eigenvalue weighted by Gasteiger charge is 2.52. The quantitative estimate of drug-likeness (QED) is 0.771. The Morgan fingerprint density at radius 3 is 2.96 bits per heavy atom. The molecule has 2 aliphatic rings. The lowest BCUT2D eigenvalue weighted by atomic mass is 10.2. The zero-order chi connectivity index (χ0) is 16.2. The number of imidazole rings is 1. The van der Waals surface area contributed by atoms with Crippen molar-refractivity contribution in [1.82, 2.24) is 14.9 Å². The largest absolute Gasteiger partial charge is 0.324 e. The summed E-state index contributed by atoms with van der Waals surface area (Å²) in [6, 6.07) is 4.73. The van der Waals surface area contributed by atoms with Gasteiger partial charge < -0.3 is 20.2 Å². The van der Waals surface area contributed by atoms with E-state index in [0.29, 0.717) is 28.9 Å². The third-order valence-electron chi connectivity index (χ3n) is 4.53. The third kappa shape index (κ3) is 2.24. The normalized spacial score (nSPS) is 26.7. The summed E-state index contributed by atoms with van der Waals surface area (Å²) < 4.78 is 0. The number of anilines is 1. The van der Waals surface area contributed by atoms with Gasteiger partial charge in [-0.2, -0.15) is 0 Å². The summed E-state index contributed by atoms with van der Waals surface area (Å²) in [5, 5.41) is 2.85. The second-order valence-electron chi connectivity index (χ2n) is 6.09. The lowest BCUT2D eigenvalue weighted by molar-refractivity contribution is -0.135. The maximum absolute atomic E-state index is 12.6. The number of amides is 2. The molecule has 3 N–H and O–H groups in total. The van der Waals surface area contributed by atoms with Crippen LogP contribution in [0.25, 0.3) is 11.0 Å². The fraction of sp³-hybridized carbons (Fsp3) is 0.400. The highest BCUT2D eigenvalue weighted by atomic mass is 32.2. The van der Waals surface area contributed by atoms with Crippen LogP contribution in [-0.2, 0) is 9.59 Å². The SMILES string of the molecule is C[C@]12CCC(=O)N1[C@@H](C(=O)Nc1ccc3[nH]c(=O)[nH]c3c1)CS2. The number of carbonyl (C=O) groups excluding carboxylic acids is 2. The first kappa shape index (κ1) is 14.4. The number of aromatic amines is 2. The van der Waals surface area contributed by atoms with Gasteiger partial charge in [0.25, 0.3) is 0 Å². The zero-order valence-electron chi connectivity index (χ0n) is 12.5. The summed E-state index contributed by atoms with van der Waals surface area (Å²) in [5.74, 6) is 0.467. The van der Waals surface area contributed by atoms with Crippen molar-refractivity contribution in [3.63, 3.8) is 0 Å². The Bertz CT molecular complexity index is 873. The number of fused-ring (bicyclic) bond motifs is 2. The van der Waals surface area contributed by atoms with Crippen LogP contribution >= 0.6 is 11.8 Å². The fourth-order valence-electron chi connectivity index (χ4n) is 3.35. The molecule has 2 fully saturated rings. The second kappa shape index (κ2) is 4.89. The highest BCUT2D eigenvalue weighted by Crippen LogP contribution is 2.47. The number of carbonyl (C=O) groups is 2. The topological polar surface area (TPSA) is 98.1 Å². The molecule has 0 saturated carbocycles. The molecular formula is C15H16N4O3S. The number of nitrogens with one attached hydrogen (secondary N) is 3. The van der Waals surface area contributed by atoms with Gasteiger partial charge in [-0.05, 0) is 31.5 Å². The molecule has 2 amide bonds. The van der Waals surface area contributed by atoms with Crippen molar-refractivity contribution < 1.29 is 9.59 Å². The minimum absolute atomic E-state index is 0.0445. The van der Waals surface area contributed by atoms with Crippen molar-refractivity contribution in [2.24, 2.45) is 0 Å². The molecule has 7 nitrogen and oxygen atoms in total. The molecule has 3 heterocycles. The summed E-state index contributed by atoms with van der Waals surface area (Å²) in [7, 11) is 0. The number of hydrogen-bond acceptors (Lipinski definition) is 4. The molecule has 0 spiro atoms. The van der Waals surface area contributed by atoms with Gasteiger partial charge in [-0.3, -0.25) is 9.59 Å². The standard InChI is InChI=1S/C15H16N4O3S/c1-15-5-4-12(20)19(15)11(7-23-15)13(21)16-8-2-3-9-10(6-8)18-14(22)17-9/h2-3,6,11H,4-5,7H2,1H3,(H,16,21)(H2,17,18,22)/t11-,15+/m1/s1. The van der Waals surface area contributed by atoms with Crippen LogP contribution in [0.3, 0.4) is 0 Å². The maximum Gasteiger partial charge on any atom is 0.323 e. The monoisotopic (exact) mass is 332 g/mol. The Kier molecular flexibility index (Phi) is 3.06. The van der Waals surface area contributed by atoms with E-state index in [-0.39, 0.29) is 22.4 Å². The van der Waals surface area contributed by atoms with Crippen molar-refractivity contribution in [2.75, 3.05) is 11.1 Å². The van der Waals surface area contributed by atoms with Crippen molar-refractivity contribution >= 4 is 40.3 Å². The van der Waals surface area contributed by atoms with Crippen LogP contribution in [0.1, 0.15) is 19.8 Å². The summed E-state index contributed by atoms with van der Waals surface area (Å²) in [4.78, 5) is 42.8. The van der Waals surface area contributed by atoms with Gasteiger partial charge in [-0.1, -0.05) is 0 Å². The average molecular weight is 332 g/mol. The predicted octanol–water partition coefficient (Wildman–Crippen LogP) is 1.25. The van der Waals surface area contributed by atoms with Gasteiger partial charge in [0.2, 0.25) is 11.8 Å². The molecule has 2 aliphatic heterocycles. The van der Waals surface area contributed by atoms with Crippen molar-refractivity contribution in [3.05, 3.63) is 28.7 Å². The first-order valence-electron chi connectivity index (χ1n) is 7.45. The molecule has 120 valence electrons. The first-order chi connectivity index (χ1) is 11.0. The molecular weight excluding hydrogens is 316 g/mol. The minimum Gasteiger partial charge on any atom is -0.324 e. The third-order valence-corrected chi connectivity index (χ3v) is 6.04. The van der Waals surface area contributed by atoms with E-state index in [1.54, 1.807) is 34.9 Å². The lowest BCUT2D eigenvalue weighted by Gasteiger charge is -2.29. The Balaban J connectivity index is 1.57. The molecule has 2 aromatic rings. The van der Waals surface area contributed by atoms with Crippen molar-refractivity contribution in [1.29, 1.82) is 0 Å². The van der Waals surface area contributed by atoms with Gasteiger partial charge in [0.05, 0.1) is 15.9 Å². The average Bonchev–Trinajstić information content (AvgIpc) is 3.12. The Labute approximate surface area is 135 Å². The molecule has 0 unspecified atom stereocenters. The van der Waals surface area contributed by atoms with E-state index in [4.69, 9.17) is 0 Å². The van der Waals surface area contributed by atoms with Crippen LogP contribution in [0.4, 0.5) is 5.69 Å². The maximum atomic E-state index is 12.6. The van der Waals surface area contributed by atoms with Gasteiger partial charge in [0.15, 0.2) is 0 Å². The van der Waals surface area contributed by atoms with Crippen LogP contribution in [0, 0.1) is 0 Å². The second-order valence-corrected chi connectivity index (χ2v) is 7.60. The van der Waals surface area contributed by atoms with E-state index in [1.165, 1.54) is 0 Å². The van der Waals surface area contributed by atoms with Gasteiger partial charge in [0, 0.05) is 17.9 Å². The number of thioether (sulfide) groups is 1. The van der Waals surface area contributed by atoms with E-state index in [1.807, 2.05) is 6.92 Å². The molecule has 2 saturated heterocycles. The number of rotatable bonds is 2. The predicted molar refractivity (Wildman–Crippen MR) is 88.3 cm³/mol. The number of nitrogens with zero attached hydrogens (tertiary/aromatic N) is 1. The smallest absolute Gasteiger partial charge is 0.323 e. The lowest BCUT2D eigenvalue weighted by Crippen LogP contribution is -2.48. The molecule has 0 bridgehead atoms. The van der Waals surface area contributed by atoms with Crippen LogP contribution in [-0.4, -0.2) is 43.3 Å². The van der Waals surface area contributed by atoms with Crippen molar-refractivity contribution in [2.45, 2.75) is 30.7 Å². The molecule has 0 aliphatic carbocycles. The summed E-state index contributed by atoms with van der Waals surface area (Å²) in [6.07, 6.45) is 1.29. The van der Waals surface area contributed by atoms with E-state index in [9.17, 15) is 14.4 Å². The van der Waals surface area contributed by atoms with Gasteiger partial charge >= 0.3 is 5.69 Å². The van der Waals surface area contributed by atoms with Crippen LogP contribution in [0.2, 0.25) is 0 Å². The summed E-state index contributed by atoms with van der Waals surface area (Å²) in [6.45, 7) is 2.02. The Morgan fingerprint density at radius 1 is 1.35 bits per heavy atom. The molecule has 8 heteroatoms. The fourth-order valence-corrected chi connectivity index (χ4v) is 4.78. The van der Waals surface area contributed by atoms with Gasteiger partial charge in [0.1, 0.15) is 6.04 Å². The van der Waals surface area contributed by atoms with Gasteiger partial charge in [-0.25, -0.2) is 4.79 Å². The zero-order valence-corrected chi connectivity index (χ0v) is 13.3. The minimum atomic E-state index is -0.444. The molecule has 4 rings (SSSR count). The van der Waals surface area contributed by atoms with E-state index < -0.39 is 6.04 Å². The van der Waals surface area contributed by atoms with E-state index in [2.05, 4.69) is 15.3 Å². The molecule has 23 heavy (non-hydrogen) atoms. The molecule has 1 aromatic heterocycles. The Morgan fingerprint density at radius 2 is 2.13 bits per heavy atom. The van der Waals surface area contributed by atoms with Crippen LogP contribution in [0.15, 0.2) is 23.0 Å². The molecule has 0 radical (unpaired) electrons. The summed E-state index contributed by atoms with van der Waals surface area (Å²) >= 11 is 1.66. The molecule has 2 atom stereocenters. The van der Waals surface area contributed by atoms with E-state index in [0.717, 1.165) is 6.42 Å². The van der Waals surface area contributed by atoms with Crippen LogP contribution < -0.4 is 11.0 Å². The number of aromatic nitrogens is 2. The Hall–Kier alpha value is -2.22. The first-order valence-corrected chi connectivity index (χ1v) is 8.44. The number of benzene rings is 1. The number of hydrogen-bond donors (Lipinski definition) is 3. The number of H-pyrrole nitrogens is 2. The summed E-state index contributed by atoms with van der Waals surface area (Å²) in [5.41, 5.74) is 1.64. The highest BCUT2D eigenvalue weighted by molar-refractivity contribution is 8.01. The molecule has 1 aromatic carbocycles. The van der Waals surface area contributed by atoms with Crippen LogP contribution in [0.5, 0.6) is 0 Å². The van der Waals surface area contributed by atoms with Gasteiger partial charge in [-0.15, -0.1) is 11.8 Å².